The topological polar surface area (TPSA) is 110 Å². The smallest absolute Gasteiger partial charge is 0.113 e. The van der Waals surface area contributed by atoms with Crippen molar-refractivity contribution in [3.8, 4) is 0 Å². The summed E-state index contributed by atoms with van der Waals surface area (Å²) < 4.78 is 5.70. The highest BCUT2D eigenvalue weighted by atomic mass is 16.5. The summed E-state index contributed by atoms with van der Waals surface area (Å²) in [6.07, 6.45) is -5.59. The van der Waals surface area contributed by atoms with Crippen molar-refractivity contribution in [3.63, 3.8) is 0 Å². The zero-order chi connectivity index (χ0) is 21.3. The predicted octanol–water partition coefficient (Wildman–Crippen LogP) is 1.44. The first-order chi connectivity index (χ1) is 14.5. The van der Waals surface area contributed by atoms with Gasteiger partial charge in [-0.15, -0.1) is 0 Å². The zero-order valence-corrected chi connectivity index (χ0v) is 16.4. The van der Waals surface area contributed by atoms with E-state index in [4.69, 9.17) is 4.74 Å². The molecule has 0 aromatic heterocycles. The number of hydrogen-bond acceptors (Lipinski definition) is 6. The van der Waals surface area contributed by atoms with Crippen LogP contribution in [0.3, 0.4) is 0 Å². The van der Waals surface area contributed by atoms with Crippen LogP contribution in [0.25, 0.3) is 10.8 Å². The summed E-state index contributed by atoms with van der Waals surface area (Å²) in [6.45, 7) is -0.757. The van der Waals surface area contributed by atoms with Crippen LogP contribution in [-0.4, -0.2) is 56.6 Å². The Balaban J connectivity index is 1.66. The van der Waals surface area contributed by atoms with Crippen molar-refractivity contribution in [2.45, 2.75) is 43.5 Å². The van der Waals surface area contributed by atoms with E-state index >= 15 is 0 Å². The van der Waals surface area contributed by atoms with Gasteiger partial charge in [-0.25, -0.2) is 0 Å². The molecule has 3 aromatic carbocycles. The number of rotatable bonds is 5. The summed E-state index contributed by atoms with van der Waals surface area (Å²) in [7, 11) is 0. The molecule has 6 heteroatoms. The first-order valence-electron chi connectivity index (χ1n) is 10.0. The predicted molar refractivity (Wildman–Crippen MR) is 112 cm³/mol. The Kier molecular flexibility index (Phi) is 6.15. The van der Waals surface area contributed by atoms with E-state index in [1.54, 1.807) is 6.07 Å². The molecule has 0 radical (unpaired) electrons. The third kappa shape index (κ3) is 3.98. The van der Waals surface area contributed by atoms with Crippen molar-refractivity contribution in [1.29, 1.82) is 0 Å². The van der Waals surface area contributed by atoms with Gasteiger partial charge in [-0.05, 0) is 39.4 Å². The quantitative estimate of drug-likeness (QED) is 0.435. The standard InChI is InChI=1S/C24H26O6/c25-12-18-8-6-15(9-14-5-7-16-3-1-2-4-17(16)10-14)11-19(18)24-23(29)22(28)21(27)20(13-26)30-24/h1-8,10-11,20-29H,9,12-13H2/t20-,21-,22+,23-,24+/m1/s1. The van der Waals surface area contributed by atoms with E-state index in [1.807, 2.05) is 24.3 Å². The average Bonchev–Trinajstić information content (AvgIpc) is 2.78. The normalized spacial score (nSPS) is 26.8. The third-order valence-electron chi connectivity index (χ3n) is 5.80. The molecule has 0 aliphatic carbocycles. The Hall–Kier alpha value is -2.32. The number of aliphatic hydroxyl groups excluding tert-OH is 5. The molecule has 1 heterocycles. The Morgan fingerprint density at radius 2 is 1.43 bits per heavy atom. The summed E-state index contributed by atoms with van der Waals surface area (Å²) in [4.78, 5) is 0. The van der Waals surface area contributed by atoms with Crippen molar-refractivity contribution < 1.29 is 30.3 Å². The Bertz CT molecular complexity index is 1020. The van der Waals surface area contributed by atoms with E-state index in [-0.39, 0.29) is 6.61 Å². The van der Waals surface area contributed by atoms with Gasteiger partial charge in [0.1, 0.15) is 30.5 Å². The van der Waals surface area contributed by atoms with E-state index in [1.165, 1.54) is 5.39 Å². The molecule has 5 N–H and O–H groups in total. The van der Waals surface area contributed by atoms with Gasteiger partial charge in [0, 0.05) is 0 Å². The number of aliphatic hydroxyl groups is 5. The Morgan fingerprint density at radius 3 is 2.17 bits per heavy atom. The molecule has 0 saturated carbocycles. The number of hydrogen-bond donors (Lipinski definition) is 5. The molecule has 158 valence electrons. The van der Waals surface area contributed by atoms with Crippen molar-refractivity contribution in [2.75, 3.05) is 6.61 Å². The van der Waals surface area contributed by atoms with Gasteiger partial charge in [-0.2, -0.15) is 0 Å². The molecule has 1 aliphatic rings. The molecular formula is C24H26O6. The molecule has 30 heavy (non-hydrogen) atoms. The average molecular weight is 410 g/mol. The van der Waals surface area contributed by atoms with E-state index in [9.17, 15) is 25.5 Å². The highest BCUT2D eigenvalue weighted by Crippen LogP contribution is 2.35. The summed E-state index contributed by atoms with van der Waals surface area (Å²) in [6, 6.07) is 19.9. The summed E-state index contributed by atoms with van der Waals surface area (Å²) in [5.74, 6) is 0. The van der Waals surface area contributed by atoms with Crippen LogP contribution in [0, 0.1) is 0 Å². The second kappa shape index (κ2) is 8.81. The molecule has 0 bridgehead atoms. The molecule has 3 aromatic rings. The lowest BCUT2D eigenvalue weighted by Crippen LogP contribution is -2.55. The van der Waals surface area contributed by atoms with Crippen LogP contribution in [-0.2, 0) is 17.8 Å². The van der Waals surface area contributed by atoms with Crippen LogP contribution in [0.1, 0.15) is 28.4 Å². The van der Waals surface area contributed by atoms with E-state index in [2.05, 4.69) is 30.3 Å². The zero-order valence-electron chi connectivity index (χ0n) is 16.4. The molecule has 6 nitrogen and oxygen atoms in total. The van der Waals surface area contributed by atoms with Crippen LogP contribution in [0.4, 0.5) is 0 Å². The lowest BCUT2D eigenvalue weighted by Gasteiger charge is -2.40. The van der Waals surface area contributed by atoms with Crippen molar-refractivity contribution in [3.05, 3.63) is 82.9 Å². The van der Waals surface area contributed by atoms with Crippen molar-refractivity contribution in [1.82, 2.24) is 0 Å². The van der Waals surface area contributed by atoms with Crippen LogP contribution in [0.5, 0.6) is 0 Å². The monoisotopic (exact) mass is 410 g/mol. The third-order valence-corrected chi connectivity index (χ3v) is 5.80. The van der Waals surface area contributed by atoms with E-state index in [0.717, 1.165) is 16.5 Å². The molecule has 0 unspecified atom stereocenters. The fraction of sp³-hybridized carbons (Fsp3) is 0.333. The maximum Gasteiger partial charge on any atom is 0.113 e. The lowest BCUT2D eigenvalue weighted by molar-refractivity contribution is -0.232. The second-order valence-corrected chi connectivity index (χ2v) is 7.80. The van der Waals surface area contributed by atoms with Gasteiger partial charge in [0.15, 0.2) is 0 Å². The van der Waals surface area contributed by atoms with Gasteiger partial charge in [0.05, 0.1) is 13.2 Å². The van der Waals surface area contributed by atoms with Crippen LogP contribution >= 0.6 is 0 Å². The maximum absolute atomic E-state index is 10.5. The van der Waals surface area contributed by atoms with Crippen molar-refractivity contribution in [2.24, 2.45) is 0 Å². The fourth-order valence-corrected chi connectivity index (χ4v) is 4.11. The minimum atomic E-state index is -1.46. The molecule has 1 saturated heterocycles. The lowest BCUT2D eigenvalue weighted by atomic mass is 9.87. The van der Waals surface area contributed by atoms with Gasteiger partial charge < -0.3 is 30.3 Å². The van der Waals surface area contributed by atoms with Gasteiger partial charge in [-0.3, -0.25) is 0 Å². The number of ether oxygens (including phenoxy) is 1. The van der Waals surface area contributed by atoms with Gasteiger partial charge in [-0.1, -0.05) is 60.7 Å². The molecule has 0 spiro atoms. The largest absolute Gasteiger partial charge is 0.394 e. The minimum absolute atomic E-state index is 0.263. The first-order valence-corrected chi connectivity index (χ1v) is 10.0. The van der Waals surface area contributed by atoms with Crippen molar-refractivity contribution >= 4 is 10.8 Å². The second-order valence-electron chi connectivity index (χ2n) is 7.80. The van der Waals surface area contributed by atoms with Gasteiger partial charge >= 0.3 is 0 Å². The SMILES string of the molecule is OCc1ccc(Cc2ccc3ccccc3c2)cc1[C@@H]1O[C@H](CO)[C@@H](O)[C@H](O)[C@H]1O. The highest BCUT2D eigenvalue weighted by molar-refractivity contribution is 5.83. The van der Waals surface area contributed by atoms with E-state index < -0.39 is 37.1 Å². The molecule has 4 rings (SSSR count). The molecular weight excluding hydrogens is 384 g/mol. The molecule has 0 amide bonds. The van der Waals surface area contributed by atoms with Gasteiger partial charge in [0.2, 0.25) is 0 Å². The van der Waals surface area contributed by atoms with Gasteiger partial charge in [0.25, 0.3) is 0 Å². The number of fused-ring (bicyclic) bond motifs is 1. The summed E-state index contributed by atoms with van der Waals surface area (Å²) in [5, 5.41) is 52.2. The number of benzene rings is 3. The molecule has 1 fully saturated rings. The maximum atomic E-state index is 10.5. The minimum Gasteiger partial charge on any atom is -0.394 e. The Labute approximate surface area is 174 Å². The summed E-state index contributed by atoms with van der Waals surface area (Å²) >= 11 is 0. The van der Waals surface area contributed by atoms with Crippen LogP contribution in [0.15, 0.2) is 60.7 Å². The summed E-state index contributed by atoms with van der Waals surface area (Å²) in [5.41, 5.74) is 3.16. The Morgan fingerprint density at radius 1 is 0.733 bits per heavy atom. The molecule has 5 atom stereocenters. The van der Waals surface area contributed by atoms with Crippen LogP contribution in [0.2, 0.25) is 0 Å². The fourth-order valence-electron chi connectivity index (χ4n) is 4.11. The van der Waals surface area contributed by atoms with Crippen LogP contribution < -0.4 is 0 Å². The highest BCUT2D eigenvalue weighted by Gasteiger charge is 2.44. The first kappa shape index (κ1) is 20.9. The van der Waals surface area contributed by atoms with E-state index in [0.29, 0.717) is 17.5 Å². The molecule has 1 aliphatic heterocycles.